The number of aryl methyl sites for hydroxylation is 2. The molecule has 0 fully saturated rings. The predicted molar refractivity (Wildman–Crippen MR) is 224 cm³/mol. The van der Waals surface area contributed by atoms with Gasteiger partial charge in [-0.1, -0.05) is 77.9 Å². The molecule has 0 bridgehead atoms. The van der Waals surface area contributed by atoms with Crippen molar-refractivity contribution < 1.29 is 9.47 Å². The zero-order valence-electron chi connectivity index (χ0n) is 28.4. The fourth-order valence-electron chi connectivity index (χ4n) is 5.30. The summed E-state index contributed by atoms with van der Waals surface area (Å²) in [5.74, 6) is 1.57. The van der Waals surface area contributed by atoms with Crippen molar-refractivity contribution in [3.63, 3.8) is 0 Å². The third-order valence-electron chi connectivity index (χ3n) is 8.04. The Hall–Kier alpha value is -4.78. The quantitative estimate of drug-likeness (QED) is 0.0952. The van der Waals surface area contributed by atoms with Gasteiger partial charge in [0, 0.05) is 6.21 Å². The number of ether oxygens (including phenoxy) is 2. The van der Waals surface area contributed by atoms with Crippen molar-refractivity contribution in [2.75, 3.05) is 0 Å². The van der Waals surface area contributed by atoms with Gasteiger partial charge in [-0.15, -0.1) is 0 Å². The van der Waals surface area contributed by atoms with Crippen molar-refractivity contribution >= 4 is 87.4 Å². The Morgan fingerprint density at radius 2 is 1.21 bits per heavy atom. The molecule has 11 heteroatoms. The molecule has 0 aliphatic carbocycles. The lowest BCUT2D eigenvalue weighted by Gasteiger charge is -2.12. The minimum absolute atomic E-state index is 0.158. The fourth-order valence-corrected chi connectivity index (χ4v) is 8.20. The van der Waals surface area contributed by atoms with Crippen molar-refractivity contribution in [2.24, 2.45) is 4.99 Å². The van der Waals surface area contributed by atoms with Crippen LogP contribution in [0.5, 0.6) is 11.5 Å². The number of nitrogens with zero attached hydrogens (tertiary/aromatic N) is 5. The second kappa shape index (κ2) is 17.4. The van der Waals surface area contributed by atoms with Gasteiger partial charge in [-0.25, -0.2) is 9.67 Å². The molecule has 262 valence electrons. The monoisotopic (exact) mass is 951 g/mol. The average Bonchev–Trinajstić information content (AvgIpc) is 3.52. The van der Waals surface area contributed by atoms with Crippen LogP contribution >= 0.6 is 63.7 Å². The van der Waals surface area contributed by atoms with Gasteiger partial charge in [0.05, 0.1) is 29.2 Å². The van der Waals surface area contributed by atoms with E-state index in [1.807, 2.05) is 105 Å². The summed E-state index contributed by atoms with van der Waals surface area (Å²) in [6, 6.07) is 37.7. The maximum absolute atomic E-state index is 10.5. The van der Waals surface area contributed by atoms with E-state index in [4.69, 9.17) is 19.6 Å². The van der Waals surface area contributed by atoms with Crippen LogP contribution in [0.25, 0.3) is 17.3 Å². The maximum Gasteiger partial charge on any atom is 0.174 e. The second-order valence-electron chi connectivity index (χ2n) is 12.0. The average molecular weight is 955 g/mol. The van der Waals surface area contributed by atoms with Crippen LogP contribution in [0.2, 0.25) is 0 Å². The third kappa shape index (κ3) is 9.24. The fraction of sp³-hybridized carbons (Fsp3) is 0.0952. The highest BCUT2D eigenvalue weighted by Crippen LogP contribution is 2.38. The Morgan fingerprint density at radius 3 is 1.68 bits per heavy atom. The Labute approximate surface area is 341 Å². The molecular weight excluding hydrogens is 926 g/mol. The summed E-state index contributed by atoms with van der Waals surface area (Å²) in [5.41, 5.74) is 7.15. The molecule has 1 heterocycles. The highest BCUT2D eigenvalue weighted by atomic mass is 79.9. The minimum Gasteiger partial charge on any atom is -0.487 e. The lowest BCUT2D eigenvalue weighted by Crippen LogP contribution is -1.98. The number of nitriles is 2. The Bertz CT molecular complexity index is 2380. The number of aromatic nitrogens is 2. The molecule has 0 radical (unpaired) electrons. The summed E-state index contributed by atoms with van der Waals surface area (Å²) >= 11 is 14.6. The molecule has 6 aromatic rings. The zero-order valence-corrected chi connectivity index (χ0v) is 34.8. The van der Waals surface area contributed by atoms with Crippen LogP contribution in [-0.4, -0.2) is 16.0 Å². The first-order valence-electron chi connectivity index (χ1n) is 16.2. The van der Waals surface area contributed by atoms with Crippen LogP contribution in [0, 0.1) is 36.5 Å². The van der Waals surface area contributed by atoms with Crippen LogP contribution in [0.15, 0.2) is 126 Å². The molecule has 0 saturated carbocycles. The van der Waals surface area contributed by atoms with Gasteiger partial charge in [-0.3, -0.25) is 0 Å². The van der Waals surface area contributed by atoms with Crippen molar-refractivity contribution in [3.05, 3.63) is 166 Å². The molecular formula is C42H29Br4N5O2. The van der Waals surface area contributed by atoms with Crippen molar-refractivity contribution in [2.45, 2.75) is 27.1 Å². The van der Waals surface area contributed by atoms with E-state index in [1.165, 1.54) is 11.1 Å². The Balaban J connectivity index is 1.32. The molecule has 53 heavy (non-hydrogen) atoms. The second-order valence-corrected chi connectivity index (χ2v) is 15.4. The molecule has 1 aromatic heterocycles. The van der Waals surface area contributed by atoms with Crippen molar-refractivity contribution in [1.82, 2.24) is 9.78 Å². The number of halogens is 4. The number of allylic oxidation sites excluding steroid dienone is 1. The number of para-hydroxylation sites is 1. The lowest BCUT2D eigenvalue weighted by atomic mass is 10.1. The molecule has 0 N–H and O–H groups in total. The molecule has 6 rings (SSSR count). The molecule has 0 atom stereocenters. The Kier molecular flexibility index (Phi) is 12.4. The van der Waals surface area contributed by atoms with E-state index in [0.29, 0.717) is 44.9 Å². The van der Waals surface area contributed by atoms with Crippen LogP contribution in [-0.2, 0) is 13.2 Å². The van der Waals surface area contributed by atoms with Crippen LogP contribution in [0.1, 0.15) is 44.6 Å². The summed E-state index contributed by atoms with van der Waals surface area (Å²) < 4.78 is 16.7. The topological polar surface area (TPSA) is 96.2 Å². The van der Waals surface area contributed by atoms with Crippen molar-refractivity contribution in [3.8, 4) is 29.3 Å². The highest BCUT2D eigenvalue weighted by molar-refractivity contribution is 9.11. The summed E-state index contributed by atoms with van der Waals surface area (Å²) in [4.78, 5) is 4.77. The third-order valence-corrected chi connectivity index (χ3v) is 10.4. The molecule has 0 amide bonds. The summed E-state index contributed by atoms with van der Waals surface area (Å²) in [6.45, 7) is 4.89. The van der Waals surface area contributed by atoms with Gasteiger partial charge < -0.3 is 9.47 Å². The zero-order chi connectivity index (χ0) is 37.5. The molecule has 0 aliphatic rings. The summed E-state index contributed by atoms with van der Waals surface area (Å²) in [6.07, 6.45) is 3.34. The van der Waals surface area contributed by atoms with Gasteiger partial charge in [0.2, 0.25) is 0 Å². The van der Waals surface area contributed by atoms with E-state index in [1.54, 1.807) is 17.0 Å². The summed E-state index contributed by atoms with van der Waals surface area (Å²) in [5, 5.41) is 25.6. The van der Waals surface area contributed by atoms with Gasteiger partial charge in [0.15, 0.2) is 5.82 Å². The lowest BCUT2D eigenvalue weighted by molar-refractivity contribution is 0.302. The number of hydrogen-bond acceptors (Lipinski definition) is 6. The normalized spacial score (nSPS) is 11.4. The number of hydrogen-bond donors (Lipinski definition) is 0. The molecule has 5 aromatic carbocycles. The van der Waals surface area contributed by atoms with Crippen LogP contribution in [0.4, 0.5) is 5.82 Å². The predicted octanol–water partition coefficient (Wildman–Crippen LogP) is 12.4. The molecule has 0 spiro atoms. The van der Waals surface area contributed by atoms with E-state index >= 15 is 0 Å². The number of aliphatic imine (C=N–C) groups is 1. The minimum atomic E-state index is 0.158. The first-order chi connectivity index (χ1) is 25.6. The maximum atomic E-state index is 10.5. The number of benzene rings is 5. The molecule has 7 nitrogen and oxygen atoms in total. The van der Waals surface area contributed by atoms with Gasteiger partial charge in [0.1, 0.15) is 48.1 Å². The van der Waals surface area contributed by atoms with Crippen LogP contribution in [0.3, 0.4) is 0 Å². The van der Waals surface area contributed by atoms with Gasteiger partial charge in [0.25, 0.3) is 0 Å². The Morgan fingerprint density at radius 1 is 0.717 bits per heavy atom. The van der Waals surface area contributed by atoms with Gasteiger partial charge in [-0.05, 0) is 142 Å². The van der Waals surface area contributed by atoms with E-state index < -0.39 is 0 Å². The van der Waals surface area contributed by atoms with Crippen LogP contribution < -0.4 is 9.47 Å². The largest absolute Gasteiger partial charge is 0.487 e. The molecule has 0 saturated heterocycles. The SMILES string of the molecule is Cc1ccc(COc2c(Br)cc(/C=C(\C#N)c3nn(-c4ccccc4)c(/N=C/c4cc(Br)c(OCc5ccc(C)cc5)c(Br)c4)c3C#N)cc2Br)cc1. The molecule has 0 unspecified atom stereocenters. The van der Waals surface area contributed by atoms with E-state index in [9.17, 15) is 10.5 Å². The smallest absolute Gasteiger partial charge is 0.174 e. The number of rotatable bonds is 11. The van der Waals surface area contributed by atoms with Crippen molar-refractivity contribution in [1.29, 1.82) is 10.5 Å². The highest BCUT2D eigenvalue weighted by Gasteiger charge is 2.22. The summed E-state index contributed by atoms with van der Waals surface area (Å²) in [7, 11) is 0. The van der Waals surface area contributed by atoms with E-state index in [0.717, 1.165) is 25.6 Å². The standard InChI is InChI=1S/C42H29Br4N5O2/c1-26-8-12-28(13-9-26)24-52-40-35(43)17-30(18-36(40)44)16-32(21-47)39-34(22-48)42(51(50-39)33-6-4-3-5-7-33)49-23-31-19-37(45)41(38(46)20-31)53-25-29-14-10-27(2)11-15-29/h3-20,23H,24-25H2,1-2H3/b32-16+,49-23+. The van der Waals surface area contributed by atoms with E-state index in [2.05, 4.69) is 88.0 Å². The van der Waals surface area contributed by atoms with Gasteiger partial charge in [-0.2, -0.15) is 15.6 Å². The first-order valence-corrected chi connectivity index (χ1v) is 19.4. The van der Waals surface area contributed by atoms with Gasteiger partial charge >= 0.3 is 0 Å². The molecule has 0 aliphatic heterocycles. The first kappa shape index (κ1) is 38.0. The van der Waals surface area contributed by atoms with E-state index in [-0.39, 0.29) is 22.6 Å².